The van der Waals surface area contributed by atoms with Crippen LogP contribution < -0.4 is 10.6 Å². The molecule has 5 rings (SSSR count). The summed E-state index contributed by atoms with van der Waals surface area (Å²) in [5.41, 5.74) is -2.77. The lowest BCUT2D eigenvalue weighted by Gasteiger charge is -2.49. The molecule has 3 aromatic rings. The molecule has 3 heterocycles. The smallest absolute Gasteiger partial charge is 0.410 e. The highest BCUT2D eigenvalue weighted by atomic mass is 19.1. The molecule has 1 aromatic carbocycles. The first kappa shape index (κ1) is 27.2. The van der Waals surface area contributed by atoms with Gasteiger partial charge in [-0.25, -0.2) is 23.5 Å². The molecule has 13 heteroatoms. The topological polar surface area (TPSA) is 140 Å². The molecule has 0 radical (unpaired) electrons. The lowest BCUT2D eigenvalue weighted by atomic mass is 9.85. The largest absolute Gasteiger partial charge is 0.444 e. The van der Waals surface area contributed by atoms with Crippen molar-refractivity contribution in [3.05, 3.63) is 65.9 Å². The summed E-state index contributed by atoms with van der Waals surface area (Å²) in [6, 6.07) is 5.83. The van der Waals surface area contributed by atoms with Crippen LogP contribution in [0.4, 0.5) is 13.6 Å². The summed E-state index contributed by atoms with van der Waals surface area (Å²) in [7, 11) is 0. The second kappa shape index (κ2) is 9.96. The number of likely N-dealkylation sites (tertiary alicyclic amines) is 1. The normalized spacial score (nSPS) is 17.0. The zero-order valence-electron chi connectivity index (χ0n) is 22.2. The van der Waals surface area contributed by atoms with Crippen molar-refractivity contribution in [3.63, 3.8) is 0 Å². The molecule has 2 aliphatic rings. The van der Waals surface area contributed by atoms with Crippen LogP contribution in [-0.2, 0) is 15.1 Å². The van der Waals surface area contributed by atoms with Gasteiger partial charge < -0.3 is 24.8 Å². The van der Waals surface area contributed by atoms with Crippen molar-refractivity contribution in [1.29, 1.82) is 0 Å². The van der Waals surface area contributed by atoms with Crippen LogP contribution in [0.2, 0.25) is 0 Å². The maximum absolute atomic E-state index is 14.2. The van der Waals surface area contributed by atoms with E-state index in [0.29, 0.717) is 24.7 Å². The maximum Gasteiger partial charge on any atom is 0.410 e. The molecule has 0 bridgehead atoms. The number of halogens is 2. The van der Waals surface area contributed by atoms with Gasteiger partial charge in [0.2, 0.25) is 5.91 Å². The molecule has 2 N–H and O–H groups in total. The van der Waals surface area contributed by atoms with E-state index in [9.17, 15) is 23.2 Å². The molecule has 2 fully saturated rings. The number of aromatic nitrogens is 3. The van der Waals surface area contributed by atoms with Crippen LogP contribution in [0, 0.1) is 11.6 Å². The monoisotopic (exact) mass is 554 g/mol. The molecule has 1 aliphatic carbocycles. The average Bonchev–Trinajstić information content (AvgIpc) is 3.46. The Morgan fingerprint density at radius 1 is 1.07 bits per heavy atom. The van der Waals surface area contributed by atoms with E-state index in [-0.39, 0.29) is 42.4 Å². The van der Waals surface area contributed by atoms with E-state index in [2.05, 4.69) is 25.8 Å². The Labute approximate surface area is 228 Å². The molecular formula is C27H28F2N6O5. The van der Waals surface area contributed by atoms with Gasteiger partial charge in [0.15, 0.2) is 17.3 Å². The summed E-state index contributed by atoms with van der Waals surface area (Å²) in [5, 5.41) is 9.51. The fourth-order valence-corrected chi connectivity index (χ4v) is 4.57. The third-order valence-electron chi connectivity index (χ3n) is 6.58. The molecule has 1 saturated heterocycles. The Kier molecular flexibility index (Phi) is 6.76. The Bertz CT molecular complexity index is 1450. The van der Waals surface area contributed by atoms with Crippen molar-refractivity contribution < 1.29 is 32.4 Å². The predicted octanol–water partition coefficient (Wildman–Crippen LogP) is 3.32. The van der Waals surface area contributed by atoms with Crippen molar-refractivity contribution in [2.75, 3.05) is 13.1 Å². The van der Waals surface area contributed by atoms with Crippen LogP contribution in [0.1, 0.15) is 56.3 Å². The fraction of sp³-hybridized carbons (Fsp3) is 0.407. The number of amides is 3. The van der Waals surface area contributed by atoms with Gasteiger partial charge in [0.1, 0.15) is 17.2 Å². The molecule has 2 aromatic heterocycles. The van der Waals surface area contributed by atoms with Gasteiger partial charge in [0, 0.05) is 37.6 Å². The number of nitrogens with zero attached hydrogens (tertiary/aromatic N) is 4. The molecule has 11 nitrogen and oxygen atoms in total. The Balaban J connectivity index is 1.31. The maximum atomic E-state index is 14.2. The molecule has 40 heavy (non-hydrogen) atoms. The number of nitrogens with one attached hydrogen (secondary N) is 2. The van der Waals surface area contributed by atoms with Crippen LogP contribution >= 0.6 is 0 Å². The van der Waals surface area contributed by atoms with Gasteiger partial charge in [0.25, 0.3) is 5.91 Å². The quantitative estimate of drug-likeness (QED) is 0.454. The van der Waals surface area contributed by atoms with Gasteiger partial charge in [-0.1, -0.05) is 5.16 Å². The summed E-state index contributed by atoms with van der Waals surface area (Å²) in [5.74, 6) is -2.25. The Morgan fingerprint density at radius 2 is 1.77 bits per heavy atom. The van der Waals surface area contributed by atoms with Crippen LogP contribution in [0.25, 0.3) is 11.3 Å². The van der Waals surface area contributed by atoms with Crippen molar-refractivity contribution in [1.82, 2.24) is 30.7 Å². The average molecular weight is 555 g/mol. The van der Waals surface area contributed by atoms with Gasteiger partial charge in [-0.3, -0.25) is 9.59 Å². The standard InChI is InChI=1S/C27H28F2N6O5/c1-25(2,3)39-24(38)35-14-26(15-35,13-21(36)32-27(7-8-27)23-30-9-4-10-31-23)33-22(37)19-12-20(40-34-19)17-6-5-16(28)11-18(17)29/h4-6,9-12H,7-8,13-15H2,1-3H3,(H,32,36)(H,33,37). The molecule has 210 valence electrons. The van der Waals surface area contributed by atoms with E-state index in [1.165, 1.54) is 17.0 Å². The summed E-state index contributed by atoms with van der Waals surface area (Å²) >= 11 is 0. The number of benzene rings is 1. The Morgan fingerprint density at radius 3 is 2.40 bits per heavy atom. The van der Waals surface area contributed by atoms with E-state index in [4.69, 9.17) is 9.26 Å². The van der Waals surface area contributed by atoms with Crippen molar-refractivity contribution >= 4 is 17.9 Å². The lowest BCUT2D eigenvalue weighted by Crippen LogP contribution is -2.72. The van der Waals surface area contributed by atoms with Gasteiger partial charge in [-0.15, -0.1) is 0 Å². The zero-order chi connectivity index (χ0) is 28.7. The minimum atomic E-state index is -1.13. The van der Waals surface area contributed by atoms with Gasteiger partial charge in [-0.2, -0.15) is 0 Å². The third kappa shape index (κ3) is 5.77. The highest BCUT2D eigenvalue weighted by Gasteiger charge is 2.52. The zero-order valence-corrected chi connectivity index (χ0v) is 22.2. The van der Waals surface area contributed by atoms with Crippen LogP contribution in [-0.4, -0.2) is 62.2 Å². The second-order valence-electron chi connectivity index (χ2n) is 11.2. The summed E-state index contributed by atoms with van der Waals surface area (Å²) in [4.78, 5) is 48.9. The molecule has 0 spiro atoms. The highest BCUT2D eigenvalue weighted by molar-refractivity contribution is 5.94. The predicted molar refractivity (Wildman–Crippen MR) is 136 cm³/mol. The molecule has 1 aliphatic heterocycles. The number of ether oxygens (including phenoxy) is 1. The summed E-state index contributed by atoms with van der Waals surface area (Å²) < 4.78 is 38.0. The van der Waals surface area contributed by atoms with E-state index in [1.54, 1.807) is 39.2 Å². The first-order valence-electron chi connectivity index (χ1n) is 12.7. The van der Waals surface area contributed by atoms with Crippen molar-refractivity contribution in [2.24, 2.45) is 0 Å². The molecule has 3 amide bonds. The Hall–Kier alpha value is -4.42. The number of carbonyl (C=O) groups excluding carboxylic acids is 3. The van der Waals surface area contributed by atoms with Crippen LogP contribution in [0.3, 0.4) is 0 Å². The van der Waals surface area contributed by atoms with Crippen molar-refractivity contribution in [2.45, 2.75) is 56.7 Å². The first-order chi connectivity index (χ1) is 18.9. The van der Waals surface area contributed by atoms with Crippen LogP contribution in [0.5, 0.6) is 0 Å². The molecule has 0 atom stereocenters. The van der Waals surface area contributed by atoms with Gasteiger partial charge in [0.05, 0.1) is 23.1 Å². The molecule has 1 saturated carbocycles. The first-order valence-corrected chi connectivity index (χ1v) is 12.7. The molecule has 0 unspecified atom stereocenters. The fourth-order valence-electron chi connectivity index (χ4n) is 4.57. The van der Waals surface area contributed by atoms with E-state index >= 15 is 0 Å². The molecular weight excluding hydrogens is 526 g/mol. The number of hydrogen-bond donors (Lipinski definition) is 2. The van der Waals surface area contributed by atoms with Gasteiger partial charge >= 0.3 is 6.09 Å². The minimum Gasteiger partial charge on any atom is -0.444 e. The minimum absolute atomic E-state index is 0.00715. The summed E-state index contributed by atoms with van der Waals surface area (Å²) in [6.07, 6.45) is 3.83. The number of carbonyl (C=O) groups is 3. The second-order valence-corrected chi connectivity index (χ2v) is 11.2. The summed E-state index contributed by atoms with van der Waals surface area (Å²) in [6.45, 7) is 5.22. The number of rotatable bonds is 7. The highest BCUT2D eigenvalue weighted by Crippen LogP contribution is 2.44. The van der Waals surface area contributed by atoms with E-state index in [0.717, 1.165) is 6.07 Å². The number of hydrogen-bond acceptors (Lipinski definition) is 8. The van der Waals surface area contributed by atoms with E-state index in [1.807, 2.05) is 0 Å². The van der Waals surface area contributed by atoms with E-state index < -0.39 is 40.3 Å². The van der Waals surface area contributed by atoms with Crippen LogP contribution in [0.15, 0.2) is 47.2 Å². The van der Waals surface area contributed by atoms with Gasteiger partial charge in [-0.05, 0) is 51.8 Å². The third-order valence-corrected chi connectivity index (χ3v) is 6.58. The van der Waals surface area contributed by atoms with Crippen molar-refractivity contribution in [3.8, 4) is 11.3 Å². The lowest BCUT2D eigenvalue weighted by molar-refractivity contribution is -0.125. The SMILES string of the molecule is CC(C)(C)OC(=O)N1CC(CC(=O)NC2(c3ncccn3)CC2)(NC(=O)c2cc(-c3ccc(F)cc3F)on2)C1.